The molecule has 1 saturated heterocycles. The van der Waals surface area contributed by atoms with E-state index in [9.17, 15) is 9.59 Å². The Labute approximate surface area is 168 Å². The van der Waals surface area contributed by atoms with Crippen LogP contribution in [0.5, 0.6) is 11.5 Å². The molecule has 29 heavy (non-hydrogen) atoms. The molecule has 4 rings (SSSR count). The lowest BCUT2D eigenvalue weighted by molar-refractivity contribution is -0.134. The van der Waals surface area contributed by atoms with Crippen LogP contribution in [0.15, 0.2) is 47.3 Å². The first-order valence-electron chi connectivity index (χ1n) is 9.74. The van der Waals surface area contributed by atoms with E-state index in [-0.39, 0.29) is 18.1 Å². The standard InChI is InChI=1S/C22H23N3O4/c1-28-19-13-15(21-23-17-8-4-3-7-16(17)22(27)24-21)9-10-18(19)29-14-20(26)25-11-5-2-6-12-25/h3-4,7-10,13H,2,5-6,11-12,14H2,1H3,(H,23,24,27). The molecule has 0 spiro atoms. The Kier molecular flexibility index (Phi) is 5.46. The molecule has 1 amide bonds. The highest BCUT2D eigenvalue weighted by Crippen LogP contribution is 2.31. The first-order valence-corrected chi connectivity index (χ1v) is 9.74. The SMILES string of the molecule is COc1cc(-c2nc3ccccc3c(=O)[nH]2)ccc1OCC(=O)N1CCCCC1. The molecule has 0 atom stereocenters. The fraction of sp³-hybridized carbons (Fsp3) is 0.318. The molecular weight excluding hydrogens is 370 g/mol. The van der Waals surface area contributed by atoms with Crippen LogP contribution in [0.1, 0.15) is 19.3 Å². The number of para-hydroxylation sites is 1. The summed E-state index contributed by atoms with van der Waals surface area (Å²) in [5.74, 6) is 1.38. The molecule has 0 saturated carbocycles. The van der Waals surface area contributed by atoms with Crippen molar-refractivity contribution in [3.63, 3.8) is 0 Å². The van der Waals surface area contributed by atoms with Crippen molar-refractivity contribution in [3.8, 4) is 22.9 Å². The minimum atomic E-state index is -0.197. The van der Waals surface area contributed by atoms with Gasteiger partial charge in [-0.15, -0.1) is 0 Å². The molecule has 1 N–H and O–H groups in total. The van der Waals surface area contributed by atoms with E-state index in [1.165, 1.54) is 13.5 Å². The van der Waals surface area contributed by atoms with E-state index in [1.807, 2.05) is 11.0 Å². The third-order valence-electron chi connectivity index (χ3n) is 5.11. The topological polar surface area (TPSA) is 84.5 Å². The zero-order chi connectivity index (χ0) is 20.2. The predicted octanol–water partition coefficient (Wildman–Crippen LogP) is 2.99. The minimum Gasteiger partial charge on any atom is -0.493 e. The number of benzene rings is 2. The van der Waals surface area contributed by atoms with E-state index in [1.54, 1.807) is 36.4 Å². The number of nitrogens with zero attached hydrogens (tertiary/aromatic N) is 2. The molecule has 2 aromatic carbocycles. The number of carbonyl (C=O) groups excluding carboxylic acids is 1. The zero-order valence-corrected chi connectivity index (χ0v) is 16.3. The van der Waals surface area contributed by atoms with Crippen molar-refractivity contribution in [1.29, 1.82) is 0 Å². The van der Waals surface area contributed by atoms with Crippen molar-refractivity contribution in [2.75, 3.05) is 26.8 Å². The number of likely N-dealkylation sites (tertiary alicyclic amines) is 1. The van der Waals surface area contributed by atoms with Crippen LogP contribution >= 0.6 is 0 Å². The Morgan fingerprint density at radius 2 is 1.90 bits per heavy atom. The van der Waals surface area contributed by atoms with E-state index in [4.69, 9.17) is 9.47 Å². The Morgan fingerprint density at radius 1 is 1.10 bits per heavy atom. The highest BCUT2D eigenvalue weighted by Gasteiger charge is 2.18. The molecule has 7 heteroatoms. The molecule has 0 aliphatic carbocycles. The summed E-state index contributed by atoms with van der Waals surface area (Å²) in [6.07, 6.45) is 3.26. The van der Waals surface area contributed by atoms with Gasteiger partial charge in [-0.25, -0.2) is 4.98 Å². The van der Waals surface area contributed by atoms with E-state index < -0.39 is 0 Å². The quantitative estimate of drug-likeness (QED) is 0.720. The maximum atomic E-state index is 12.3. The highest BCUT2D eigenvalue weighted by molar-refractivity contribution is 5.80. The number of hydrogen-bond acceptors (Lipinski definition) is 5. The van der Waals surface area contributed by atoms with Gasteiger partial charge in [0.05, 0.1) is 18.0 Å². The summed E-state index contributed by atoms with van der Waals surface area (Å²) in [4.78, 5) is 33.8. The average molecular weight is 393 g/mol. The molecule has 150 valence electrons. The number of hydrogen-bond donors (Lipinski definition) is 1. The smallest absolute Gasteiger partial charge is 0.260 e. The van der Waals surface area contributed by atoms with Gasteiger partial charge < -0.3 is 19.4 Å². The Morgan fingerprint density at radius 3 is 2.69 bits per heavy atom. The third-order valence-corrected chi connectivity index (χ3v) is 5.11. The second-order valence-corrected chi connectivity index (χ2v) is 7.03. The number of nitrogens with one attached hydrogen (secondary N) is 1. The van der Waals surface area contributed by atoms with E-state index in [0.29, 0.717) is 33.8 Å². The number of amides is 1. The van der Waals surface area contributed by atoms with Crippen LogP contribution in [0.25, 0.3) is 22.3 Å². The Balaban J connectivity index is 1.55. The lowest BCUT2D eigenvalue weighted by atomic mass is 10.1. The molecule has 7 nitrogen and oxygen atoms in total. The van der Waals surface area contributed by atoms with Gasteiger partial charge in [-0.05, 0) is 49.6 Å². The molecule has 0 unspecified atom stereocenters. The summed E-state index contributed by atoms with van der Waals surface area (Å²) in [6.45, 7) is 1.55. The number of rotatable bonds is 5. The number of aromatic amines is 1. The van der Waals surface area contributed by atoms with Crippen molar-refractivity contribution in [2.24, 2.45) is 0 Å². The van der Waals surface area contributed by atoms with Crippen molar-refractivity contribution < 1.29 is 14.3 Å². The van der Waals surface area contributed by atoms with Gasteiger partial charge in [0.25, 0.3) is 11.5 Å². The fourth-order valence-corrected chi connectivity index (χ4v) is 3.53. The lowest BCUT2D eigenvalue weighted by Crippen LogP contribution is -2.38. The second-order valence-electron chi connectivity index (χ2n) is 7.03. The summed E-state index contributed by atoms with van der Waals surface area (Å²) in [5.41, 5.74) is 1.12. The Bertz CT molecular complexity index is 1090. The summed E-state index contributed by atoms with van der Waals surface area (Å²) in [7, 11) is 1.54. The van der Waals surface area contributed by atoms with Crippen LogP contribution in [-0.4, -0.2) is 47.6 Å². The molecule has 1 aliphatic heterocycles. The van der Waals surface area contributed by atoms with Crippen molar-refractivity contribution in [1.82, 2.24) is 14.9 Å². The number of carbonyl (C=O) groups is 1. The molecule has 1 fully saturated rings. The molecular formula is C22H23N3O4. The maximum absolute atomic E-state index is 12.3. The minimum absolute atomic E-state index is 0.0173. The summed E-state index contributed by atoms with van der Waals surface area (Å²) >= 11 is 0. The highest BCUT2D eigenvalue weighted by atomic mass is 16.5. The van der Waals surface area contributed by atoms with Gasteiger partial charge >= 0.3 is 0 Å². The van der Waals surface area contributed by atoms with Gasteiger partial charge in [-0.3, -0.25) is 9.59 Å². The zero-order valence-electron chi connectivity index (χ0n) is 16.3. The maximum Gasteiger partial charge on any atom is 0.260 e. The van der Waals surface area contributed by atoms with Crippen LogP contribution < -0.4 is 15.0 Å². The first kappa shape index (κ1) is 19.0. The predicted molar refractivity (Wildman–Crippen MR) is 110 cm³/mol. The second kappa shape index (κ2) is 8.34. The third kappa shape index (κ3) is 4.08. The summed E-state index contributed by atoms with van der Waals surface area (Å²) < 4.78 is 11.2. The summed E-state index contributed by atoms with van der Waals surface area (Å²) in [6, 6.07) is 12.4. The number of fused-ring (bicyclic) bond motifs is 1. The lowest BCUT2D eigenvalue weighted by Gasteiger charge is -2.26. The van der Waals surface area contributed by atoms with E-state index in [2.05, 4.69) is 9.97 Å². The van der Waals surface area contributed by atoms with Gasteiger partial charge in [-0.1, -0.05) is 12.1 Å². The van der Waals surface area contributed by atoms with Crippen LogP contribution in [0.4, 0.5) is 0 Å². The average Bonchev–Trinajstić information content (AvgIpc) is 2.78. The number of ether oxygens (including phenoxy) is 2. The normalized spacial score (nSPS) is 14.0. The number of H-pyrrole nitrogens is 1. The van der Waals surface area contributed by atoms with Gasteiger partial charge in [0.2, 0.25) is 0 Å². The first-order chi connectivity index (χ1) is 14.2. The van der Waals surface area contributed by atoms with Crippen LogP contribution in [-0.2, 0) is 4.79 Å². The molecule has 3 aromatic rings. The number of methoxy groups -OCH3 is 1. The van der Waals surface area contributed by atoms with Crippen LogP contribution in [0.2, 0.25) is 0 Å². The largest absolute Gasteiger partial charge is 0.493 e. The summed E-state index contributed by atoms with van der Waals surface area (Å²) in [5, 5.41) is 0.541. The monoisotopic (exact) mass is 393 g/mol. The molecule has 1 aliphatic rings. The van der Waals surface area contributed by atoms with Gasteiger partial charge in [0.1, 0.15) is 5.82 Å². The van der Waals surface area contributed by atoms with E-state index in [0.717, 1.165) is 25.9 Å². The van der Waals surface area contributed by atoms with Crippen molar-refractivity contribution >= 4 is 16.8 Å². The van der Waals surface area contributed by atoms with Gasteiger partial charge in [0.15, 0.2) is 18.1 Å². The Hall–Kier alpha value is -3.35. The van der Waals surface area contributed by atoms with Crippen LogP contribution in [0, 0.1) is 0 Å². The van der Waals surface area contributed by atoms with Crippen LogP contribution in [0.3, 0.4) is 0 Å². The van der Waals surface area contributed by atoms with Gasteiger partial charge in [0, 0.05) is 18.7 Å². The molecule has 0 bridgehead atoms. The van der Waals surface area contributed by atoms with Crippen molar-refractivity contribution in [2.45, 2.75) is 19.3 Å². The van der Waals surface area contributed by atoms with E-state index >= 15 is 0 Å². The fourth-order valence-electron chi connectivity index (χ4n) is 3.53. The number of piperidine rings is 1. The molecule has 1 aromatic heterocycles. The van der Waals surface area contributed by atoms with Crippen molar-refractivity contribution in [3.05, 3.63) is 52.8 Å². The number of aromatic nitrogens is 2. The van der Waals surface area contributed by atoms with Gasteiger partial charge in [-0.2, -0.15) is 0 Å². The molecule has 2 heterocycles. The molecule has 0 radical (unpaired) electrons.